The summed E-state index contributed by atoms with van der Waals surface area (Å²) in [6.07, 6.45) is 2.17. The molecule has 0 unspecified atom stereocenters. The van der Waals surface area contributed by atoms with Crippen LogP contribution in [-0.4, -0.2) is 43.4 Å². The van der Waals surface area contributed by atoms with Crippen LogP contribution >= 0.6 is 0 Å². The van der Waals surface area contributed by atoms with E-state index < -0.39 is 0 Å². The van der Waals surface area contributed by atoms with Crippen molar-refractivity contribution < 1.29 is 9.59 Å². The predicted octanol–water partition coefficient (Wildman–Crippen LogP) is 2.42. The van der Waals surface area contributed by atoms with Crippen molar-refractivity contribution in [3.05, 3.63) is 35.4 Å². The molecular weight excluding hydrogens is 314 g/mol. The van der Waals surface area contributed by atoms with Crippen LogP contribution in [0.15, 0.2) is 24.3 Å². The summed E-state index contributed by atoms with van der Waals surface area (Å²) in [5.74, 6) is 0.0846. The molecule has 1 aromatic rings. The zero-order valence-corrected chi connectivity index (χ0v) is 15.9. The number of piperidine rings is 1. The van der Waals surface area contributed by atoms with Crippen LogP contribution in [0.2, 0.25) is 0 Å². The normalized spacial score (nSPS) is 16.5. The number of amides is 2. The molecule has 1 aliphatic heterocycles. The molecular formula is C20H31N3O2. The Hall–Kier alpha value is -1.88. The molecule has 1 heterocycles. The van der Waals surface area contributed by atoms with Gasteiger partial charge in [-0.2, -0.15) is 0 Å². The molecule has 5 nitrogen and oxygen atoms in total. The Balaban J connectivity index is 1.88. The topological polar surface area (TPSA) is 61.4 Å². The molecule has 0 aromatic heterocycles. The fourth-order valence-electron chi connectivity index (χ4n) is 3.16. The van der Waals surface area contributed by atoms with Gasteiger partial charge in [-0.15, -0.1) is 0 Å². The van der Waals surface area contributed by atoms with Crippen LogP contribution < -0.4 is 10.6 Å². The maximum absolute atomic E-state index is 12.4. The Morgan fingerprint density at radius 2 is 1.80 bits per heavy atom. The summed E-state index contributed by atoms with van der Waals surface area (Å²) in [5.41, 5.74) is 1.87. The lowest BCUT2D eigenvalue weighted by molar-refractivity contribution is -0.133. The summed E-state index contributed by atoms with van der Waals surface area (Å²) < 4.78 is 0. The largest absolute Gasteiger partial charge is 0.351 e. The van der Waals surface area contributed by atoms with Crippen molar-refractivity contribution in [1.29, 1.82) is 0 Å². The first-order valence-corrected chi connectivity index (χ1v) is 9.13. The van der Waals surface area contributed by atoms with E-state index in [1.165, 1.54) is 0 Å². The van der Waals surface area contributed by atoms with Gasteiger partial charge in [0.15, 0.2) is 0 Å². The first-order chi connectivity index (χ1) is 11.8. The summed E-state index contributed by atoms with van der Waals surface area (Å²) in [5, 5.41) is 6.43. The zero-order chi connectivity index (χ0) is 18.4. The van der Waals surface area contributed by atoms with Crippen molar-refractivity contribution in [2.24, 2.45) is 11.3 Å². The predicted molar refractivity (Wildman–Crippen MR) is 100 cm³/mol. The van der Waals surface area contributed by atoms with Crippen LogP contribution in [0.4, 0.5) is 0 Å². The number of hydrogen-bond donors (Lipinski definition) is 2. The lowest BCUT2D eigenvalue weighted by atomic mass is 9.81. The molecule has 0 saturated carbocycles. The molecule has 1 aromatic carbocycles. The van der Waals surface area contributed by atoms with Gasteiger partial charge in [0, 0.05) is 31.6 Å². The molecule has 25 heavy (non-hydrogen) atoms. The van der Waals surface area contributed by atoms with Crippen molar-refractivity contribution >= 4 is 11.8 Å². The third-order valence-electron chi connectivity index (χ3n) is 4.99. The molecule has 0 atom stereocenters. The Kier molecular flexibility index (Phi) is 6.59. The molecule has 1 fully saturated rings. The molecule has 0 radical (unpaired) electrons. The molecule has 0 aliphatic carbocycles. The lowest BCUT2D eigenvalue weighted by Crippen LogP contribution is -2.42. The molecule has 2 rings (SSSR count). The molecule has 0 spiro atoms. The monoisotopic (exact) mass is 345 g/mol. The number of benzene rings is 1. The molecule has 2 N–H and O–H groups in total. The zero-order valence-electron chi connectivity index (χ0n) is 15.9. The molecule has 0 bridgehead atoms. The van der Waals surface area contributed by atoms with E-state index in [4.69, 9.17) is 0 Å². The van der Waals surface area contributed by atoms with E-state index in [1.807, 2.05) is 45.2 Å². The van der Waals surface area contributed by atoms with Gasteiger partial charge < -0.3 is 15.5 Å². The average molecular weight is 345 g/mol. The first kappa shape index (κ1) is 19.4. The highest BCUT2D eigenvalue weighted by Gasteiger charge is 2.27. The first-order valence-electron chi connectivity index (χ1n) is 9.13. The molecule has 2 amide bonds. The van der Waals surface area contributed by atoms with E-state index in [2.05, 4.69) is 17.6 Å². The second-order valence-corrected chi connectivity index (χ2v) is 7.79. The summed E-state index contributed by atoms with van der Waals surface area (Å²) in [6, 6.07) is 7.52. The summed E-state index contributed by atoms with van der Waals surface area (Å²) in [4.78, 5) is 26.0. The van der Waals surface area contributed by atoms with E-state index in [0.717, 1.165) is 31.5 Å². The van der Waals surface area contributed by atoms with Crippen LogP contribution in [0.3, 0.4) is 0 Å². The highest BCUT2D eigenvalue weighted by molar-refractivity contribution is 5.94. The van der Waals surface area contributed by atoms with E-state index >= 15 is 0 Å². The van der Waals surface area contributed by atoms with Gasteiger partial charge in [-0.3, -0.25) is 9.59 Å². The highest BCUT2D eigenvalue weighted by atomic mass is 16.2. The third-order valence-corrected chi connectivity index (χ3v) is 4.99. The van der Waals surface area contributed by atoms with Gasteiger partial charge in [-0.1, -0.05) is 32.9 Å². The second-order valence-electron chi connectivity index (χ2n) is 7.79. The van der Waals surface area contributed by atoms with Crippen LogP contribution in [0.5, 0.6) is 0 Å². The number of nitrogens with one attached hydrogen (secondary N) is 2. The van der Waals surface area contributed by atoms with Crippen molar-refractivity contribution in [1.82, 2.24) is 15.5 Å². The molecule has 1 saturated heterocycles. The molecule has 138 valence electrons. The van der Waals surface area contributed by atoms with Crippen molar-refractivity contribution in [2.75, 3.05) is 26.7 Å². The second kappa shape index (κ2) is 8.48. The van der Waals surface area contributed by atoms with Crippen LogP contribution in [0.1, 0.15) is 49.5 Å². The third kappa shape index (κ3) is 5.56. The van der Waals surface area contributed by atoms with Gasteiger partial charge in [0.25, 0.3) is 5.91 Å². The van der Waals surface area contributed by atoms with Gasteiger partial charge in [-0.05, 0) is 49.0 Å². The quantitative estimate of drug-likeness (QED) is 0.832. The molecule has 1 aliphatic rings. The average Bonchev–Trinajstić information content (AvgIpc) is 2.60. The van der Waals surface area contributed by atoms with Crippen molar-refractivity contribution in [3.8, 4) is 0 Å². The Morgan fingerprint density at radius 3 is 2.36 bits per heavy atom. The maximum atomic E-state index is 12.4. The summed E-state index contributed by atoms with van der Waals surface area (Å²) in [6.45, 7) is 9.33. The van der Waals surface area contributed by atoms with E-state index in [0.29, 0.717) is 18.7 Å². The minimum absolute atomic E-state index is 0.00796. The number of rotatable bonds is 6. The number of hydrogen-bond acceptors (Lipinski definition) is 3. The van der Waals surface area contributed by atoms with Gasteiger partial charge in [0.2, 0.25) is 5.91 Å². The smallest absolute Gasteiger partial charge is 0.251 e. The van der Waals surface area contributed by atoms with Gasteiger partial charge in [-0.25, -0.2) is 0 Å². The van der Waals surface area contributed by atoms with E-state index in [9.17, 15) is 9.59 Å². The lowest BCUT2D eigenvalue weighted by Gasteiger charge is -2.34. The summed E-state index contributed by atoms with van der Waals surface area (Å²) >= 11 is 0. The Bertz CT molecular complexity index is 589. The fourth-order valence-corrected chi connectivity index (χ4v) is 3.16. The summed E-state index contributed by atoms with van der Waals surface area (Å²) in [7, 11) is 1.81. The fraction of sp³-hybridized carbons (Fsp3) is 0.600. The van der Waals surface area contributed by atoms with Crippen LogP contribution in [0, 0.1) is 11.3 Å². The molecule has 5 heteroatoms. The van der Waals surface area contributed by atoms with E-state index in [-0.39, 0.29) is 23.1 Å². The SMILES string of the molecule is CC(C)C(=O)N(C)Cc1ccc(C(=O)NCC2(C)CCNCC2)cc1. The maximum Gasteiger partial charge on any atom is 0.251 e. The Labute approximate surface area is 151 Å². The van der Waals surface area contributed by atoms with Crippen LogP contribution in [0.25, 0.3) is 0 Å². The van der Waals surface area contributed by atoms with Gasteiger partial charge in [0.05, 0.1) is 0 Å². The van der Waals surface area contributed by atoms with Gasteiger partial charge in [0.1, 0.15) is 0 Å². The van der Waals surface area contributed by atoms with Crippen molar-refractivity contribution in [2.45, 2.75) is 40.2 Å². The number of carbonyl (C=O) groups excluding carboxylic acids is 2. The highest BCUT2D eigenvalue weighted by Crippen LogP contribution is 2.26. The van der Waals surface area contributed by atoms with Gasteiger partial charge >= 0.3 is 0 Å². The van der Waals surface area contributed by atoms with Crippen LogP contribution in [-0.2, 0) is 11.3 Å². The standard InChI is InChI=1S/C20H31N3O2/c1-15(2)19(25)23(4)13-16-5-7-17(8-6-16)18(24)22-14-20(3)9-11-21-12-10-20/h5-8,15,21H,9-14H2,1-4H3,(H,22,24). The number of nitrogens with zero attached hydrogens (tertiary/aromatic N) is 1. The number of carbonyl (C=O) groups is 2. The van der Waals surface area contributed by atoms with E-state index in [1.54, 1.807) is 4.90 Å². The minimum atomic E-state index is -0.0297. The Morgan fingerprint density at radius 1 is 1.20 bits per heavy atom. The van der Waals surface area contributed by atoms with Crippen molar-refractivity contribution in [3.63, 3.8) is 0 Å². The minimum Gasteiger partial charge on any atom is -0.351 e.